The van der Waals surface area contributed by atoms with Crippen LogP contribution < -0.4 is 20.2 Å². The van der Waals surface area contributed by atoms with E-state index in [0.29, 0.717) is 30.5 Å². The molecule has 0 radical (unpaired) electrons. The molecule has 2 saturated carbocycles. The van der Waals surface area contributed by atoms with Crippen LogP contribution in [0.25, 0.3) is 21.6 Å². The van der Waals surface area contributed by atoms with Crippen molar-refractivity contribution in [3.8, 4) is 16.5 Å². The van der Waals surface area contributed by atoms with Crippen molar-refractivity contribution in [3.05, 3.63) is 57.7 Å². The minimum atomic E-state index is -0.474. The highest BCUT2D eigenvalue weighted by molar-refractivity contribution is 7.98. The molecule has 51 heavy (non-hydrogen) atoms. The third-order valence-electron chi connectivity index (χ3n) is 8.87. The topological polar surface area (TPSA) is 143 Å². The quantitative estimate of drug-likeness (QED) is 0.0681. The second-order valence-electron chi connectivity index (χ2n) is 13.4. The van der Waals surface area contributed by atoms with E-state index in [0.717, 1.165) is 89.8 Å². The number of unbranched alkanes of at least 4 members (excludes halogenated alkanes) is 2. The molecule has 3 aromatic rings. The summed E-state index contributed by atoms with van der Waals surface area (Å²) in [6.45, 7) is 12.9. The van der Waals surface area contributed by atoms with Gasteiger partial charge >= 0.3 is 0 Å². The van der Waals surface area contributed by atoms with Crippen molar-refractivity contribution < 1.29 is 23.9 Å². The van der Waals surface area contributed by atoms with Crippen LogP contribution in [0.1, 0.15) is 95.7 Å². The Labute approximate surface area is 309 Å². The summed E-state index contributed by atoms with van der Waals surface area (Å²) in [5.41, 5.74) is 3.53. The molecule has 2 aromatic heterocycles. The normalized spacial score (nSPS) is 17.1. The maximum atomic E-state index is 12.5. The highest BCUT2D eigenvalue weighted by Gasteiger charge is 2.38. The summed E-state index contributed by atoms with van der Waals surface area (Å²) >= 11 is 3.08. The minimum Gasteiger partial charge on any atom is -0.496 e. The van der Waals surface area contributed by atoms with Crippen molar-refractivity contribution in [3.63, 3.8) is 0 Å². The van der Waals surface area contributed by atoms with Gasteiger partial charge in [-0.1, -0.05) is 19.9 Å². The number of methoxy groups -OCH3 is 1. The number of hydrogen-bond acceptors (Lipinski definition) is 9. The number of H-pyrrole nitrogens is 1. The van der Waals surface area contributed by atoms with E-state index in [4.69, 9.17) is 9.47 Å². The SMILES string of the molecule is C=CCCCCO[C@H](C)C(=O)N1CCCC1C(=O)NC1CC1.COc1ccc2c(=O)cc(-c3nc(C(C)C)cs3)[nH]c2c1C.O=CNSC1CC1. The maximum absolute atomic E-state index is 12.5. The average Bonchev–Trinajstić information content (AvgIpc) is 4.02. The van der Waals surface area contributed by atoms with E-state index in [2.05, 4.69) is 40.4 Å². The molecule has 6 rings (SSSR count). The van der Waals surface area contributed by atoms with Gasteiger partial charge < -0.3 is 29.4 Å². The van der Waals surface area contributed by atoms with Crippen molar-refractivity contribution in [2.75, 3.05) is 20.3 Å². The number of nitrogens with zero attached hydrogens (tertiary/aromatic N) is 2. The lowest BCUT2D eigenvalue weighted by atomic mass is 10.1. The zero-order valence-electron chi connectivity index (χ0n) is 30.5. The molecule has 0 bridgehead atoms. The Kier molecular flexibility index (Phi) is 15.6. The van der Waals surface area contributed by atoms with Crippen LogP contribution >= 0.6 is 23.3 Å². The molecule has 3 N–H and O–H groups in total. The Hall–Kier alpha value is -3.68. The van der Waals surface area contributed by atoms with E-state index in [1.807, 2.05) is 24.4 Å². The lowest BCUT2D eigenvalue weighted by Crippen LogP contribution is -2.49. The molecule has 3 amide bonds. The fourth-order valence-electron chi connectivity index (χ4n) is 5.54. The van der Waals surface area contributed by atoms with Crippen LogP contribution in [-0.2, 0) is 19.1 Å². The molecule has 13 heteroatoms. The number of carbonyl (C=O) groups excluding carboxylic acids is 3. The molecule has 1 unspecified atom stereocenters. The number of thiazole rings is 1. The third kappa shape index (κ3) is 11.9. The predicted molar refractivity (Wildman–Crippen MR) is 206 cm³/mol. The van der Waals surface area contributed by atoms with Crippen LogP contribution in [0, 0.1) is 6.92 Å². The summed E-state index contributed by atoms with van der Waals surface area (Å²) in [6, 6.07) is 5.28. The van der Waals surface area contributed by atoms with Gasteiger partial charge in [0.2, 0.25) is 12.3 Å². The number of aromatic nitrogens is 2. The van der Waals surface area contributed by atoms with E-state index in [1.165, 1.54) is 24.8 Å². The number of ether oxygens (including phenoxy) is 2. The van der Waals surface area contributed by atoms with E-state index in [1.54, 1.807) is 42.4 Å². The third-order valence-corrected chi connectivity index (χ3v) is 10.8. The Morgan fingerprint density at radius 3 is 2.57 bits per heavy atom. The molecule has 3 heterocycles. The Morgan fingerprint density at radius 1 is 1.18 bits per heavy atom. The van der Waals surface area contributed by atoms with Gasteiger partial charge in [-0.25, -0.2) is 4.98 Å². The van der Waals surface area contributed by atoms with Gasteiger partial charge in [0.1, 0.15) is 22.9 Å². The van der Waals surface area contributed by atoms with Gasteiger partial charge in [0.05, 0.1) is 24.0 Å². The number of allylic oxidation sites excluding steroid dienone is 1. The summed E-state index contributed by atoms with van der Waals surface area (Å²) in [6.07, 6.45) is 11.4. The summed E-state index contributed by atoms with van der Waals surface area (Å²) in [5, 5.41) is 7.28. The first kappa shape index (κ1) is 40.1. The summed E-state index contributed by atoms with van der Waals surface area (Å²) in [5.74, 6) is 1.09. The summed E-state index contributed by atoms with van der Waals surface area (Å²) in [7, 11) is 1.63. The molecular weight excluding hydrogens is 687 g/mol. The molecule has 3 fully saturated rings. The monoisotopic (exact) mass is 739 g/mol. The second kappa shape index (κ2) is 19.8. The molecule has 3 aliphatic rings. The summed E-state index contributed by atoms with van der Waals surface area (Å²) < 4.78 is 13.5. The standard InChI is InChI=1S/C17H28N2O3.C17H18N2O2S.C4H7NOS/c1-3-4-5-6-12-22-13(2)17(21)19-11-7-8-15(19)16(20)18-14-9-10-14;1-9(2)13-8-22-17(19-13)12-7-14(20)11-5-6-15(21-4)10(3)16(11)18-12;6-3-5-7-4-1-2-4/h3,13-15H,1,4-12H2,2H3,(H,18,20);5-9H,1-4H3,(H,18,20);3-4H,1-2H2,(H,5,6)/t13-,15?;;/m1../s1. The van der Waals surface area contributed by atoms with E-state index >= 15 is 0 Å². The van der Waals surface area contributed by atoms with Crippen LogP contribution in [0.4, 0.5) is 0 Å². The number of hydrogen-bond donors (Lipinski definition) is 3. The molecule has 11 nitrogen and oxygen atoms in total. The van der Waals surface area contributed by atoms with Crippen molar-refractivity contribution in [2.45, 2.75) is 115 Å². The van der Waals surface area contributed by atoms with E-state index in [9.17, 15) is 19.2 Å². The molecular formula is C38H53N5O6S2. The first-order valence-electron chi connectivity index (χ1n) is 17.9. The first-order valence-corrected chi connectivity index (χ1v) is 19.7. The van der Waals surface area contributed by atoms with E-state index < -0.39 is 6.10 Å². The Morgan fingerprint density at radius 2 is 1.94 bits per heavy atom. The van der Waals surface area contributed by atoms with Gasteiger partial charge in [-0.15, -0.1) is 17.9 Å². The highest BCUT2D eigenvalue weighted by Crippen LogP contribution is 2.31. The van der Waals surface area contributed by atoms with E-state index in [-0.39, 0.29) is 23.3 Å². The number of amides is 3. The number of carbonyl (C=O) groups is 3. The van der Waals surface area contributed by atoms with Crippen molar-refractivity contribution >= 4 is 52.4 Å². The number of pyridine rings is 1. The second-order valence-corrected chi connectivity index (χ2v) is 15.4. The molecule has 2 aliphatic carbocycles. The van der Waals surface area contributed by atoms with Gasteiger partial charge in [-0.05, 0) is 102 Å². The van der Waals surface area contributed by atoms with Crippen molar-refractivity contribution in [2.24, 2.45) is 0 Å². The zero-order chi connectivity index (χ0) is 36.9. The minimum absolute atomic E-state index is 0.00389. The fraction of sp³-hybridized carbons (Fsp3) is 0.553. The number of rotatable bonds is 15. The van der Waals surface area contributed by atoms with Gasteiger partial charge in [0.15, 0.2) is 5.43 Å². The molecule has 1 aromatic carbocycles. The maximum Gasteiger partial charge on any atom is 0.252 e. The van der Waals surface area contributed by atoms with Crippen LogP contribution in [0.15, 0.2) is 41.0 Å². The molecule has 1 saturated heterocycles. The van der Waals surface area contributed by atoms with Crippen LogP contribution in [-0.4, -0.2) is 76.8 Å². The van der Waals surface area contributed by atoms with Crippen molar-refractivity contribution in [1.82, 2.24) is 24.9 Å². The zero-order valence-corrected chi connectivity index (χ0v) is 32.1. The van der Waals surface area contributed by atoms with Crippen LogP contribution in [0.5, 0.6) is 5.75 Å². The largest absolute Gasteiger partial charge is 0.496 e. The number of fused-ring (bicyclic) bond motifs is 1. The van der Waals surface area contributed by atoms with Gasteiger partial charge in [-0.3, -0.25) is 19.2 Å². The highest BCUT2D eigenvalue weighted by atomic mass is 32.2. The fourth-order valence-corrected chi connectivity index (χ4v) is 7.12. The smallest absolute Gasteiger partial charge is 0.252 e. The van der Waals surface area contributed by atoms with Crippen LogP contribution in [0.2, 0.25) is 0 Å². The Balaban J connectivity index is 0.000000192. The molecule has 1 aliphatic heterocycles. The molecule has 0 spiro atoms. The number of nitrogens with one attached hydrogen (secondary N) is 3. The summed E-state index contributed by atoms with van der Waals surface area (Å²) in [4.78, 5) is 56.3. The average molecular weight is 740 g/mol. The predicted octanol–water partition coefficient (Wildman–Crippen LogP) is 6.65. The Bertz CT molecular complexity index is 1680. The number of aromatic amines is 1. The van der Waals surface area contributed by atoms with Crippen LogP contribution in [0.3, 0.4) is 0 Å². The first-order chi connectivity index (χ1) is 24.6. The van der Waals surface area contributed by atoms with Gasteiger partial charge in [-0.2, -0.15) is 0 Å². The van der Waals surface area contributed by atoms with Gasteiger partial charge in [0, 0.05) is 46.8 Å². The molecule has 278 valence electrons. The van der Waals surface area contributed by atoms with Crippen molar-refractivity contribution in [1.29, 1.82) is 0 Å². The lowest BCUT2D eigenvalue weighted by Gasteiger charge is -2.26. The van der Waals surface area contributed by atoms with Gasteiger partial charge in [0.25, 0.3) is 5.91 Å². The number of likely N-dealkylation sites (tertiary alicyclic amines) is 1. The number of aryl methyl sites for hydroxylation is 1. The molecule has 2 atom stereocenters. The number of benzene rings is 1. The lowest BCUT2D eigenvalue weighted by molar-refractivity contribution is -0.147.